The van der Waals surface area contributed by atoms with Gasteiger partial charge in [-0.25, -0.2) is 0 Å². The molecule has 1 fully saturated rings. The van der Waals surface area contributed by atoms with E-state index in [1.165, 1.54) is 0 Å². The molecule has 2 N–H and O–H groups in total. The Kier molecular flexibility index (Phi) is 5.51. The fourth-order valence-corrected chi connectivity index (χ4v) is 2.32. The molecular formula is C16H21F3N2O2. The summed E-state index contributed by atoms with van der Waals surface area (Å²) in [6, 6.07) is 5.00. The van der Waals surface area contributed by atoms with Crippen LogP contribution in [0.25, 0.3) is 0 Å². The van der Waals surface area contributed by atoms with Crippen molar-refractivity contribution in [3.8, 4) is 5.75 Å². The van der Waals surface area contributed by atoms with Gasteiger partial charge in [0.05, 0.1) is 0 Å². The van der Waals surface area contributed by atoms with Crippen molar-refractivity contribution in [2.75, 3.05) is 19.7 Å². The zero-order valence-corrected chi connectivity index (χ0v) is 13.2. The van der Waals surface area contributed by atoms with Crippen molar-refractivity contribution in [2.24, 2.45) is 11.8 Å². The molecule has 0 spiro atoms. The van der Waals surface area contributed by atoms with E-state index in [9.17, 15) is 18.0 Å². The van der Waals surface area contributed by atoms with E-state index >= 15 is 0 Å². The Morgan fingerprint density at radius 1 is 1.43 bits per heavy atom. The second-order valence-corrected chi connectivity index (χ2v) is 5.94. The van der Waals surface area contributed by atoms with Crippen LogP contribution in [-0.4, -0.2) is 31.8 Å². The summed E-state index contributed by atoms with van der Waals surface area (Å²) in [6.07, 6.45) is -4.39. The topological polar surface area (TPSA) is 50.4 Å². The average molecular weight is 330 g/mol. The van der Waals surface area contributed by atoms with Crippen LogP contribution in [0.15, 0.2) is 18.2 Å². The van der Waals surface area contributed by atoms with Gasteiger partial charge in [-0.05, 0) is 37.6 Å². The second kappa shape index (κ2) is 7.21. The first-order valence-corrected chi connectivity index (χ1v) is 7.54. The Morgan fingerprint density at radius 2 is 2.13 bits per heavy atom. The van der Waals surface area contributed by atoms with Crippen LogP contribution in [0.3, 0.4) is 0 Å². The standard InChI is InChI=1S/C16H21F3N2O2/c1-10-3-4-12(14(5-10)23-9-16(17,18)19)8-21-15(22)11(2)13-6-20-7-13/h3-5,11,13,20H,6-9H2,1-2H3,(H,21,22). The van der Waals surface area contributed by atoms with Crippen molar-refractivity contribution in [3.63, 3.8) is 0 Å². The first kappa shape index (κ1) is 17.6. The van der Waals surface area contributed by atoms with Crippen molar-refractivity contribution in [2.45, 2.75) is 26.6 Å². The fourth-order valence-electron chi connectivity index (χ4n) is 2.32. The van der Waals surface area contributed by atoms with Gasteiger partial charge in [0.2, 0.25) is 5.91 Å². The van der Waals surface area contributed by atoms with Gasteiger partial charge in [0, 0.05) is 18.0 Å². The largest absolute Gasteiger partial charge is 0.484 e. The van der Waals surface area contributed by atoms with Crippen LogP contribution in [0.5, 0.6) is 5.75 Å². The van der Waals surface area contributed by atoms with Crippen molar-refractivity contribution in [1.82, 2.24) is 10.6 Å². The zero-order chi connectivity index (χ0) is 17.0. The second-order valence-electron chi connectivity index (χ2n) is 5.94. The molecule has 1 heterocycles. The number of ether oxygens (including phenoxy) is 1. The molecule has 0 aliphatic carbocycles. The monoisotopic (exact) mass is 330 g/mol. The van der Waals surface area contributed by atoms with E-state index in [2.05, 4.69) is 10.6 Å². The minimum Gasteiger partial charge on any atom is -0.484 e. The van der Waals surface area contributed by atoms with Crippen LogP contribution in [0.1, 0.15) is 18.1 Å². The quantitative estimate of drug-likeness (QED) is 0.842. The molecule has 1 aliphatic rings. The molecule has 128 valence electrons. The fraction of sp³-hybridized carbons (Fsp3) is 0.562. The maximum absolute atomic E-state index is 12.3. The zero-order valence-electron chi connectivity index (χ0n) is 13.2. The Labute approximate surface area is 133 Å². The minimum atomic E-state index is -4.39. The Hall–Kier alpha value is -1.76. The number of hydrogen-bond donors (Lipinski definition) is 2. The molecule has 7 heteroatoms. The molecule has 1 aromatic rings. The lowest BCUT2D eigenvalue weighted by Crippen LogP contribution is -2.49. The van der Waals surface area contributed by atoms with Gasteiger partial charge in [-0.1, -0.05) is 19.1 Å². The van der Waals surface area contributed by atoms with Crippen LogP contribution in [-0.2, 0) is 11.3 Å². The van der Waals surface area contributed by atoms with E-state index in [1.54, 1.807) is 25.1 Å². The molecule has 23 heavy (non-hydrogen) atoms. The molecule has 1 atom stereocenters. The predicted molar refractivity (Wildman–Crippen MR) is 80.1 cm³/mol. The number of carbonyl (C=O) groups is 1. The van der Waals surface area contributed by atoms with E-state index in [4.69, 9.17) is 4.74 Å². The average Bonchev–Trinajstić information content (AvgIpc) is 2.41. The lowest BCUT2D eigenvalue weighted by Gasteiger charge is -2.31. The summed E-state index contributed by atoms with van der Waals surface area (Å²) >= 11 is 0. The lowest BCUT2D eigenvalue weighted by molar-refractivity contribution is -0.153. The molecule has 4 nitrogen and oxygen atoms in total. The summed E-state index contributed by atoms with van der Waals surface area (Å²) in [6.45, 7) is 4.07. The molecule has 1 aromatic carbocycles. The number of hydrogen-bond acceptors (Lipinski definition) is 3. The van der Waals surface area contributed by atoms with Crippen LogP contribution >= 0.6 is 0 Å². The van der Waals surface area contributed by atoms with Crippen molar-refractivity contribution < 1.29 is 22.7 Å². The minimum absolute atomic E-state index is 0.0983. The van der Waals surface area contributed by atoms with Crippen LogP contribution in [0.2, 0.25) is 0 Å². The summed E-state index contributed by atoms with van der Waals surface area (Å²) in [7, 11) is 0. The van der Waals surface area contributed by atoms with Gasteiger partial charge in [0.25, 0.3) is 0 Å². The number of amides is 1. The highest BCUT2D eigenvalue weighted by Crippen LogP contribution is 2.24. The third kappa shape index (κ3) is 5.13. The smallest absolute Gasteiger partial charge is 0.422 e. The van der Waals surface area contributed by atoms with Crippen molar-refractivity contribution in [1.29, 1.82) is 0 Å². The number of nitrogens with one attached hydrogen (secondary N) is 2. The molecule has 0 bridgehead atoms. The Bertz CT molecular complexity index is 557. The third-order valence-electron chi connectivity index (χ3n) is 4.00. The van der Waals surface area contributed by atoms with Crippen LogP contribution in [0.4, 0.5) is 13.2 Å². The number of benzene rings is 1. The van der Waals surface area contributed by atoms with Gasteiger partial charge < -0.3 is 15.4 Å². The van der Waals surface area contributed by atoms with Crippen molar-refractivity contribution >= 4 is 5.91 Å². The van der Waals surface area contributed by atoms with Gasteiger partial charge >= 0.3 is 6.18 Å². The highest BCUT2D eigenvalue weighted by Gasteiger charge is 2.30. The first-order chi connectivity index (χ1) is 10.8. The van der Waals surface area contributed by atoms with Gasteiger partial charge in [0.1, 0.15) is 5.75 Å². The van der Waals surface area contributed by atoms with Gasteiger partial charge in [-0.3, -0.25) is 4.79 Å². The van der Waals surface area contributed by atoms with Crippen molar-refractivity contribution in [3.05, 3.63) is 29.3 Å². The number of rotatable bonds is 6. The van der Waals surface area contributed by atoms with Crippen LogP contribution in [0, 0.1) is 18.8 Å². The normalized spacial score (nSPS) is 16.6. The molecule has 1 saturated heterocycles. The molecule has 1 unspecified atom stereocenters. The van der Waals surface area contributed by atoms with E-state index < -0.39 is 12.8 Å². The molecule has 0 saturated carbocycles. The maximum atomic E-state index is 12.3. The third-order valence-corrected chi connectivity index (χ3v) is 4.00. The molecular weight excluding hydrogens is 309 g/mol. The highest BCUT2D eigenvalue weighted by atomic mass is 19.4. The number of halogens is 3. The summed E-state index contributed by atoms with van der Waals surface area (Å²) < 4.78 is 41.8. The van der Waals surface area contributed by atoms with E-state index in [1.807, 2.05) is 6.92 Å². The van der Waals surface area contributed by atoms with Crippen LogP contribution < -0.4 is 15.4 Å². The van der Waals surface area contributed by atoms with E-state index in [0.717, 1.165) is 18.7 Å². The van der Waals surface area contributed by atoms with Gasteiger partial charge in [0.15, 0.2) is 6.61 Å². The Morgan fingerprint density at radius 3 is 2.70 bits per heavy atom. The van der Waals surface area contributed by atoms with Gasteiger partial charge in [-0.2, -0.15) is 13.2 Å². The lowest BCUT2D eigenvalue weighted by atomic mass is 9.88. The number of carbonyl (C=O) groups excluding carboxylic acids is 1. The summed E-state index contributed by atoms with van der Waals surface area (Å²) in [5.41, 5.74) is 1.33. The number of aryl methyl sites for hydroxylation is 1. The number of alkyl halides is 3. The summed E-state index contributed by atoms with van der Waals surface area (Å²) in [4.78, 5) is 12.1. The molecule has 2 rings (SSSR count). The Balaban J connectivity index is 1.96. The van der Waals surface area contributed by atoms with Gasteiger partial charge in [-0.15, -0.1) is 0 Å². The molecule has 1 amide bonds. The molecule has 0 aromatic heterocycles. The van der Waals surface area contributed by atoms with E-state index in [0.29, 0.717) is 11.5 Å². The van der Waals surface area contributed by atoms with E-state index in [-0.39, 0.29) is 24.1 Å². The molecule has 1 aliphatic heterocycles. The molecule has 0 radical (unpaired) electrons. The highest BCUT2D eigenvalue weighted by molar-refractivity contribution is 5.78. The predicted octanol–water partition coefficient (Wildman–Crippen LogP) is 2.41. The summed E-state index contributed by atoms with van der Waals surface area (Å²) in [5.74, 6) is 0.245. The summed E-state index contributed by atoms with van der Waals surface area (Å²) in [5, 5.41) is 5.89. The first-order valence-electron chi connectivity index (χ1n) is 7.54. The SMILES string of the molecule is Cc1ccc(CNC(=O)C(C)C2CNC2)c(OCC(F)(F)F)c1. The maximum Gasteiger partial charge on any atom is 0.422 e.